The summed E-state index contributed by atoms with van der Waals surface area (Å²) in [6.45, 7) is 5.75. The molecule has 0 aromatic heterocycles. The van der Waals surface area contributed by atoms with Crippen LogP contribution in [0.3, 0.4) is 0 Å². The lowest BCUT2D eigenvalue weighted by atomic mass is 10.1. The van der Waals surface area contributed by atoms with Crippen molar-refractivity contribution < 1.29 is 23.8 Å². The molecule has 1 aromatic carbocycles. The van der Waals surface area contributed by atoms with Gasteiger partial charge in [0.05, 0.1) is 0 Å². The van der Waals surface area contributed by atoms with Gasteiger partial charge >= 0.3 is 5.97 Å². The Hall–Kier alpha value is -1.66. The average molecular weight is 311 g/mol. The summed E-state index contributed by atoms with van der Waals surface area (Å²) in [5.41, 5.74) is -0.638. The minimum absolute atomic E-state index is 0.187. The van der Waals surface area contributed by atoms with Crippen molar-refractivity contribution in [3.8, 4) is 5.75 Å². The third kappa shape index (κ3) is 4.68. The summed E-state index contributed by atoms with van der Waals surface area (Å²) >= 11 is 0. The average Bonchev–Trinajstić information content (AvgIpc) is 2.87. The Bertz CT molecular complexity index is 512. The van der Waals surface area contributed by atoms with Crippen LogP contribution >= 0.6 is 0 Å². The molecule has 1 heterocycles. The quantitative estimate of drug-likeness (QED) is 0.828. The third-order valence-electron chi connectivity index (χ3n) is 3.27. The van der Waals surface area contributed by atoms with Gasteiger partial charge in [-0.05, 0) is 45.0 Å². The van der Waals surface area contributed by atoms with Crippen molar-refractivity contribution in [1.29, 1.82) is 0 Å². The highest BCUT2D eigenvalue weighted by Crippen LogP contribution is 2.20. The van der Waals surface area contributed by atoms with E-state index in [0.717, 1.165) is 0 Å². The monoisotopic (exact) mass is 311 g/mol. The molecule has 0 saturated carbocycles. The maximum Gasteiger partial charge on any atom is 0.337 e. The van der Waals surface area contributed by atoms with Gasteiger partial charge in [-0.15, -0.1) is 0 Å². The molecule has 3 unspecified atom stereocenters. The van der Waals surface area contributed by atoms with Crippen LogP contribution in [0.2, 0.25) is 0 Å². The Labute approximate surface area is 129 Å². The molecule has 0 radical (unpaired) electrons. The summed E-state index contributed by atoms with van der Waals surface area (Å²) in [7, 11) is 0. The number of rotatable bonds is 4. The molecule has 1 aliphatic rings. The maximum atomic E-state index is 12.8. The lowest BCUT2D eigenvalue weighted by Crippen LogP contribution is -2.43. The fourth-order valence-corrected chi connectivity index (χ4v) is 2.30. The molecular weight excluding hydrogens is 289 g/mol. The summed E-state index contributed by atoms with van der Waals surface area (Å²) in [4.78, 5) is 11.9. The van der Waals surface area contributed by atoms with E-state index in [4.69, 9.17) is 9.47 Å². The normalized spacial score (nSPS) is 23.1. The third-order valence-corrected chi connectivity index (χ3v) is 3.27. The largest absolute Gasteiger partial charge is 0.489 e. The second-order valence-electron chi connectivity index (χ2n) is 6.42. The number of aliphatic hydroxyl groups is 1. The molecule has 2 rings (SSSR count). The van der Waals surface area contributed by atoms with Gasteiger partial charge in [0.1, 0.15) is 23.3 Å². The number of aliphatic hydroxyl groups excluding tert-OH is 1. The van der Waals surface area contributed by atoms with E-state index in [-0.39, 0.29) is 11.9 Å². The van der Waals surface area contributed by atoms with E-state index in [2.05, 4.69) is 5.32 Å². The number of esters is 1. The number of hydrogen-bond donors (Lipinski definition) is 2. The first kappa shape index (κ1) is 16.7. The van der Waals surface area contributed by atoms with Crippen molar-refractivity contribution >= 4 is 5.97 Å². The lowest BCUT2D eigenvalue weighted by molar-refractivity contribution is -0.166. The van der Waals surface area contributed by atoms with Crippen LogP contribution in [0.15, 0.2) is 24.3 Å². The van der Waals surface area contributed by atoms with Gasteiger partial charge in [-0.25, -0.2) is 9.18 Å². The summed E-state index contributed by atoms with van der Waals surface area (Å²) in [6, 6.07) is 5.33. The molecule has 122 valence electrons. The molecule has 6 heteroatoms. The Morgan fingerprint density at radius 3 is 2.59 bits per heavy atom. The predicted molar refractivity (Wildman–Crippen MR) is 79.1 cm³/mol. The van der Waals surface area contributed by atoms with Crippen molar-refractivity contribution in [2.75, 3.05) is 6.54 Å². The minimum atomic E-state index is -1.24. The molecule has 0 amide bonds. The van der Waals surface area contributed by atoms with E-state index < -0.39 is 23.7 Å². The fraction of sp³-hybridized carbons (Fsp3) is 0.562. The molecule has 2 N–H and O–H groups in total. The maximum absolute atomic E-state index is 12.8. The zero-order chi connectivity index (χ0) is 16.3. The standard InChI is InChI=1S/C16H22FNO4/c1-16(2,3)22-15(20)14(19)13-8-12(9-18-13)21-11-6-4-10(17)5-7-11/h4-7,12-14,18-19H,8-9H2,1-3H3. The van der Waals surface area contributed by atoms with Crippen molar-refractivity contribution in [3.05, 3.63) is 30.1 Å². The molecule has 0 bridgehead atoms. The second-order valence-corrected chi connectivity index (χ2v) is 6.42. The highest BCUT2D eigenvalue weighted by molar-refractivity contribution is 5.75. The van der Waals surface area contributed by atoms with Gasteiger partial charge in [0, 0.05) is 19.0 Å². The van der Waals surface area contributed by atoms with Gasteiger partial charge < -0.3 is 19.9 Å². The summed E-state index contributed by atoms with van der Waals surface area (Å²) in [6.07, 6.45) is -0.953. The molecule has 1 fully saturated rings. The lowest BCUT2D eigenvalue weighted by Gasteiger charge is -2.24. The number of carbonyl (C=O) groups is 1. The van der Waals surface area contributed by atoms with Crippen LogP contribution < -0.4 is 10.1 Å². The highest BCUT2D eigenvalue weighted by Gasteiger charge is 2.36. The fourth-order valence-electron chi connectivity index (χ4n) is 2.30. The van der Waals surface area contributed by atoms with Crippen LogP contribution in [0.25, 0.3) is 0 Å². The van der Waals surface area contributed by atoms with Crippen LogP contribution in [0.5, 0.6) is 5.75 Å². The number of ether oxygens (including phenoxy) is 2. The van der Waals surface area contributed by atoms with E-state index in [1.54, 1.807) is 32.9 Å². The zero-order valence-electron chi connectivity index (χ0n) is 13.0. The highest BCUT2D eigenvalue weighted by atomic mass is 19.1. The van der Waals surface area contributed by atoms with Crippen LogP contribution in [-0.4, -0.2) is 41.5 Å². The Morgan fingerprint density at radius 1 is 1.36 bits per heavy atom. The van der Waals surface area contributed by atoms with Crippen LogP contribution in [0.1, 0.15) is 27.2 Å². The van der Waals surface area contributed by atoms with Gasteiger partial charge in [0.25, 0.3) is 0 Å². The number of benzene rings is 1. The van der Waals surface area contributed by atoms with E-state index >= 15 is 0 Å². The van der Waals surface area contributed by atoms with Crippen LogP contribution in [0, 0.1) is 5.82 Å². The van der Waals surface area contributed by atoms with E-state index in [1.807, 2.05) is 0 Å². The van der Waals surface area contributed by atoms with E-state index in [9.17, 15) is 14.3 Å². The first-order chi connectivity index (χ1) is 10.2. The molecule has 0 spiro atoms. The van der Waals surface area contributed by atoms with Crippen LogP contribution in [-0.2, 0) is 9.53 Å². The number of halogens is 1. The molecule has 5 nitrogen and oxygen atoms in total. The predicted octanol–water partition coefficient (Wildman–Crippen LogP) is 1.64. The zero-order valence-corrected chi connectivity index (χ0v) is 13.0. The number of hydrogen-bond acceptors (Lipinski definition) is 5. The van der Waals surface area contributed by atoms with Crippen molar-refractivity contribution in [2.24, 2.45) is 0 Å². The minimum Gasteiger partial charge on any atom is -0.489 e. The van der Waals surface area contributed by atoms with Crippen LogP contribution in [0.4, 0.5) is 4.39 Å². The van der Waals surface area contributed by atoms with Gasteiger partial charge in [0.15, 0.2) is 6.10 Å². The number of carbonyl (C=O) groups excluding carboxylic acids is 1. The second kappa shape index (κ2) is 6.62. The van der Waals surface area contributed by atoms with Gasteiger partial charge in [-0.1, -0.05) is 0 Å². The van der Waals surface area contributed by atoms with E-state index in [0.29, 0.717) is 18.7 Å². The summed E-state index contributed by atoms with van der Waals surface area (Å²) < 4.78 is 23.7. The molecule has 3 atom stereocenters. The summed E-state index contributed by atoms with van der Waals surface area (Å²) in [5, 5.41) is 13.1. The number of nitrogens with one attached hydrogen (secondary N) is 1. The molecule has 1 aromatic rings. The van der Waals surface area contributed by atoms with E-state index in [1.165, 1.54) is 12.1 Å². The van der Waals surface area contributed by atoms with Gasteiger partial charge in [-0.3, -0.25) is 0 Å². The summed E-state index contributed by atoms with van der Waals surface area (Å²) in [5.74, 6) is -0.414. The smallest absolute Gasteiger partial charge is 0.337 e. The first-order valence-electron chi connectivity index (χ1n) is 7.31. The molecular formula is C16H22FNO4. The molecule has 1 aliphatic heterocycles. The molecule has 22 heavy (non-hydrogen) atoms. The SMILES string of the molecule is CC(C)(C)OC(=O)C(O)C1CC(Oc2ccc(F)cc2)CN1. The van der Waals surface area contributed by atoms with Crippen molar-refractivity contribution in [1.82, 2.24) is 5.32 Å². The van der Waals surface area contributed by atoms with Crippen molar-refractivity contribution in [3.63, 3.8) is 0 Å². The Kier molecular flexibility index (Phi) is 5.03. The Balaban J connectivity index is 1.86. The van der Waals surface area contributed by atoms with Gasteiger partial charge in [0.2, 0.25) is 0 Å². The van der Waals surface area contributed by atoms with Crippen molar-refractivity contribution in [2.45, 2.75) is 51.0 Å². The Morgan fingerprint density at radius 2 is 2.00 bits per heavy atom. The first-order valence-corrected chi connectivity index (χ1v) is 7.31. The molecule has 0 aliphatic carbocycles. The molecule has 1 saturated heterocycles. The van der Waals surface area contributed by atoms with Gasteiger partial charge in [-0.2, -0.15) is 0 Å². The topological polar surface area (TPSA) is 67.8 Å².